The summed E-state index contributed by atoms with van der Waals surface area (Å²) in [7, 11) is 0. The lowest BCUT2D eigenvalue weighted by molar-refractivity contribution is -0.139. The fraction of sp³-hybridized carbons (Fsp3) is 0.500. The highest BCUT2D eigenvalue weighted by molar-refractivity contribution is 6.30. The van der Waals surface area contributed by atoms with Crippen LogP contribution in [-0.2, 0) is 9.53 Å². The van der Waals surface area contributed by atoms with Crippen molar-refractivity contribution in [2.24, 2.45) is 0 Å². The lowest BCUT2D eigenvalue weighted by atomic mass is 10.2. The number of hydrogen-bond acceptors (Lipinski definition) is 3. The molecule has 124 valence electrons. The SMILES string of the molecule is O=C([C@H]1CCCN1C(=O)Nc1cccc(Cl)c1)N1CCOCC1. The van der Waals surface area contributed by atoms with Gasteiger partial charge >= 0.3 is 6.03 Å². The summed E-state index contributed by atoms with van der Waals surface area (Å²) in [5.74, 6) is 0.0204. The van der Waals surface area contributed by atoms with Gasteiger partial charge in [-0.2, -0.15) is 0 Å². The van der Waals surface area contributed by atoms with Crippen molar-refractivity contribution < 1.29 is 14.3 Å². The Hall–Kier alpha value is -1.79. The van der Waals surface area contributed by atoms with E-state index in [-0.39, 0.29) is 18.0 Å². The van der Waals surface area contributed by atoms with Crippen LogP contribution in [-0.4, -0.2) is 60.6 Å². The van der Waals surface area contributed by atoms with Crippen molar-refractivity contribution in [3.8, 4) is 0 Å². The van der Waals surface area contributed by atoms with Gasteiger partial charge in [0, 0.05) is 30.3 Å². The predicted octanol–water partition coefficient (Wildman–Crippen LogP) is 2.20. The fourth-order valence-corrected chi connectivity index (χ4v) is 3.21. The van der Waals surface area contributed by atoms with Crippen molar-refractivity contribution in [2.45, 2.75) is 18.9 Å². The zero-order chi connectivity index (χ0) is 16.2. The molecule has 6 nitrogen and oxygen atoms in total. The molecule has 0 bridgehead atoms. The molecular weight excluding hydrogens is 318 g/mol. The lowest BCUT2D eigenvalue weighted by Crippen LogP contribution is -2.51. The summed E-state index contributed by atoms with van der Waals surface area (Å²) in [6.07, 6.45) is 1.54. The number of amides is 3. The van der Waals surface area contributed by atoms with Gasteiger partial charge in [0.15, 0.2) is 0 Å². The van der Waals surface area contributed by atoms with E-state index in [1.54, 1.807) is 34.1 Å². The number of benzene rings is 1. The quantitative estimate of drug-likeness (QED) is 0.900. The summed E-state index contributed by atoms with van der Waals surface area (Å²) in [5, 5.41) is 3.38. The molecule has 2 heterocycles. The van der Waals surface area contributed by atoms with Gasteiger partial charge in [0.2, 0.25) is 5.91 Å². The summed E-state index contributed by atoms with van der Waals surface area (Å²) in [6, 6.07) is 6.35. The summed E-state index contributed by atoms with van der Waals surface area (Å²) in [6.45, 7) is 2.91. The molecule has 0 aliphatic carbocycles. The Morgan fingerprint density at radius 2 is 2.00 bits per heavy atom. The van der Waals surface area contributed by atoms with Crippen LogP contribution in [0.2, 0.25) is 5.02 Å². The highest BCUT2D eigenvalue weighted by atomic mass is 35.5. The molecule has 0 aromatic heterocycles. The molecule has 2 aliphatic heterocycles. The van der Waals surface area contributed by atoms with Crippen molar-refractivity contribution in [3.05, 3.63) is 29.3 Å². The normalized spacial score (nSPS) is 21.3. The number of carbonyl (C=O) groups excluding carboxylic acids is 2. The van der Waals surface area contributed by atoms with Crippen molar-refractivity contribution in [1.29, 1.82) is 0 Å². The first-order valence-corrected chi connectivity index (χ1v) is 8.22. The lowest BCUT2D eigenvalue weighted by Gasteiger charge is -2.32. The van der Waals surface area contributed by atoms with Crippen LogP contribution in [0.4, 0.5) is 10.5 Å². The number of hydrogen-bond donors (Lipinski definition) is 1. The molecule has 2 saturated heterocycles. The average molecular weight is 338 g/mol. The molecule has 0 saturated carbocycles. The van der Waals surface area contributed by atoms with Crippen LogP contribution >= 0.6 is 11.6 Å². The Labute approximate surface area is 140 Å². The number of ether oxygens (including phenoxy) is 1. The number of carbonyl (C=O) groups is 2. The van der Waals surface area contributed by atoms with E-state index in [0.29, 0.717) is 50.0 Å². The highest BCUT2D eigenvalue weighted by Crippen LogP contribution is 2.22. The molecule has 3 amide bonds. The Kier molecular flexibility index (Phi) is 5.03. The minimum atomic E-state index is -0.382. The molecule has 1 aromatic rings. The monoisotopic (exact) mass is 337 g/mol. The Balaban J connectivity index is 1.65. The second kappa shape index (κ2) is 7.19. The molecular formula is C16H20ClN3O3. The van der Waals surface area contributed by atoms with E-state index < -0.39 is 0 Å². The molecule has 0 spiro atoms. The molecule has 1 atom stereocenters. The maximum Gasteiger partial charge on any atom is 0.322 e. The fourth-order valence-electron chi connectivity index (χ4n) is 3.02. The molecule has 7 heteroatoms. The van der Waals surface area contributed by atoms with Crippen LogP contribution in [0.5, 0.6) is 0 Å². The van der Waals surface area contributed by atoms with Crippen LogP contribution in [0.15, 0.2) is 24.3 Å². The predicted molar refractivity (Wildman–Crippen MR) is 87.6 cm³/mol. The summed E-state index contributed by atoms with van der Waals surface area (Å²) in [5.41, 5.74) is 0.631. The molecule has 1 aromatic carbocycles. The molecule has 2 fully saturated rings. The Morgan fingerprint density at radius 3 is 2.74 bits per heavy atom. The van der Waals surface area contributed by atoms with Gasteiger partial charge in [-0.25, -0.2) is 4.79 Å². The largest absolute Gasteiger partial charge is 0.378 e. The van der Waals surface area contributed by atoms with Gasteiger partial charge in [-0.1, -0.05) is 17.7 Å². The maximum absolute atomic E-state index is 12.6. The van der Waals surface area contributed by atoms with Gasteiger partial charge in [0.25, 0.3) is 0 Å². The first-order chi connectivity index (χ1) is 11.1. The second-order valence-electron chi connectivity index (χ2n) is 5.73. The maximum atomic E-state index is 12.6. The van der Waals surface area contributed by atoms with Gasteiger partial charge in [0.1, 0.15) is 6.04 Å². The van der Waals surface area contributed by atoms with Crippen molar-refractivity contribution in [2.75, 3.05) is 38.2 Å². The highest BCUT2D eigenvalue weighted by Gasteiger charge is 2.37. The third-order valence-electron chi connectivity index (χ3n) is 4.20. The van der Waals surface area contributed by atoms with E-state index >= 15 is 0 Å². The number of likely N-dealkylation sites (tertiary alicyclic amines) is 1. The Morgan fingerprint density at radius 1 is 1.22 bits per heavy atom. The van der Waals surface area contributed by atoms with Gasteiger partial charge in [-0.3, -0.25) is 4.79 Å². The minimum Gasteiger partial charge on any atom is -0.378 e. The number of morpholine rings is 1. The molecule has 2 aliphatic rings. The number of nitrogens with one attached hydrogen (secondary N) is 1. The number of rotatable bonds is 2. The van der Waals surface area contributed by atoms with Gasteiger partial charge in [-0.05, 0) is 31.0 Å². The molecule has 0 unspecified atom stereocenters. The van der Waals surface area contributed by atoms with Crippen LogP contribution in [0.25, 0.3) is 0 Å². The third kappa shape index (κ3) is 3.76. The average Bonchev–Trinajstić information content (AvgIpc) is 3.05. The van der Waals surface area contributed by atoms with Crippen molar-refractivity contribution >= 4 is 29.2 Å². The van der Waals surface area contributed by atoms with Gasteiger partial charge < -0.3 is 19.9 Å². The minimum absolute atomic E-state index is 0.0204. The summed E-state index contributed by atoms with van der Waals surface area (Å²) >= 11 is 5.93. The van der Waals surface area contributed by atoms with E-state index in [2.05, 4.69) is 5.32 Å². The van der Waals surface area contributed by atoms with E-state index in [4.69, 9.17) is 16.3 Å². The molecule has 1 N–H and O–H groups in total. The molecule has 23 heavy (non-hydrogen) atoms. The summed E-state index contributed by atoms with van der Waals surface area (Å²) < 4.78 is 5.28. The first kappa shape index (κ1) is 16.1. The molecule has 3 rings (SSSR count). The summed E-state index contributed by atoms with van der Waals surface area (Å²) in [4.78, 5) is 28.6. The standard InChI is InChI=1S/C16H20ClN3O3/c17-12-3-1-4-13(11-12)18-16(22)20-6-2-5-14(20)15(21)19-7-9-23-10-8-19/h1,3-4,11,14H,2,5-10H2,(H,18,22)/t14-/m1/s1. The number of urea groups is 1. The van der Waals surface area contributed by atoms with Crippen LogP contribution in [0, 0.1) is 0 Å². The third-order valence-corrected chi connectivity index (χ3v) is 4.43. The van der Waals surface area contributed by atoms with E-state index in [9.17, 15) is 9.59 Å². The van der Waals surface area contributed by atoms with Gasteiger partial charge in [-0.15, -0.1) is 0 Å². The van der Waals surface area contributed by atoms with Crippen LogP contribution < -0.4 is 5.32 Å². The van der Waals surface area contributed by atoms with Crippen molar-refractivity contribution in [3.63, 3.8) is 0 Å². The Bertz CT molecular complexity index is 590. The molecule has 0 radical (unpaired) electrons. The van der Waals surface area contributed by atoms with Gasteiger partial charge in [0.05, 0.1) is 13.2 Å². The first-order valence-electron chi connectivity index (χ1n) is 7.85. The second-order valence-corrected chi connectivity index (χ2v) is 6.17. The zero-order valence-corrected chi connectivity index (χ0v) is 13.6. The number of halogens is 1. The number of nitrogens with zero attached hydrogens (tertiary/aromatic N) is 2. The van der Waals surface area contributed by atoms with Crippen molar-refractivity contribution in [1.82, 2.24) is 9.80 Å². The zero-order valence-electron chi connectivity index (χ0n) is 12.8. The van der Waals surface area contributed by atoms with E-state index in [1.165, 1.54) is 0 Å². The van der Waals surface area contributed by atoms with E-state index in [1.807, 2.05) is 0 Å². The number of anilines is 1. The van der Waals surface area contributed by atoms with Crippen LogP contribution in [0.3, 0.4) is 0 Å². The smallest absolute Gasteiger partial charge is 0.322 e. The van der Waals surface area contributed by atoms with Crippen LogP contribution in [0.1, 0.15) is 12.8 Å². The van der Waals surface area contributed by atoms with E-state index in [0.717, 1.165) is 6.42 Å². The topological polar surface area (TPSA) is 61.9 Å².